The maximum atomic E-state index is 12.2. The van der Waals surface area contributed by atoms with Gasteiger partial charge in [-0.1, -0.05) is 60.7 Å². The van der Waals surface area contributed by atoms with E-state index in [0.717, 1.165) is 5.56 Å². The Morgan fingerprint density at radius 2 is 1.48 bits per heavy atom. The molecule has 31 heavy (non-hydrogen) atoms. The highest BCUT2D eigenvalue weighted by Crippen LogP contribution is 2.44. The lowest BCUT2D eigenvalue weighted by atomic mass is 9.98. The summed E-state index contributed by atoms with van der Waals surface area (Å²) < 4.78 is 16.1. The van der Waals surface area contributed by atoms with E-state index in [1.54, 1.807) is 14.2 Å². The largest absolute Gasteiger partial charge is 0.497 e. The summed E-state index contributed by atoms with van der Waals surface area (Å²) in [5.74, 6) is 1.48. The molecule has 0 saturated heterocycles. The molecule has 5 heteroatoms. The van der Waals surface area contributed by atoms with Crippen LogP contribution in [0.1, 0.15) is 22.6 Å². The van der Waals surface area contributed by atoms with Crippen LogP contribution in [0, 0.1) is 0 Å². The van der Waals surface area contributed by atoms with E-state index in [1.807, 2.05) is 54.6 Å². The Morgan fingerprint density at radius 1 is 0.903 bits per heavy atom. The number of hydrogen-bond donors (Lipinski definition) is 1. The van der Waals surface area contributed by atoms with Crippen molar-refractivity contribution in [2.45, 2.75) is 5.92 Å². The van der Waals surface area contributed by atoms with Crippen molar-refractivity contribution in [1.29, 1.82) is 0 Å². The van der Waals surface area contributed by atoms with Crippen molar-refractivity contribution in [2.75, 3.05) is 27.4 Å². The molecule has 0 unspecified atom stereocenters. The number of alkyl carbamates (subject to hydrolysis) is 1. The smallest absolute Gasteiger partial charge is 0.407 e. The van der Waals surface area contributed by atoms with Gasteiger partial charge >= 0.3 is 6.09 Å². The summed E-state index contributed by atoms with van der Waals surface area (Å²) >= 11 is 0. The molecule has 1 amide bonds. The predicted molar refractivity (Wildman–Crippen MR) is 122 cm³/mol. The molecule has 0 saturated carbocycles. The normalized spacial score (nSPS) is 12.3. The number of carbonyl (C=O) groups excluding carboxylic acids is 1. The van der Waals surface area contributed by atoms with E-state index in [-0.39, 0.29) is 5.92 Å². The van der Waals surface area contributed by atoms with Crippen molar-refractivity contribution >= 4 is 12.2 Å². The summed E-state index contributed by atoms with van der Waals surface area (Å²) in [5.41, 5.74) is 5.74. The van der Waals surface area contributed by atoms with Crippen molar-refractivity contribution in [1.82, 2.24) is 5.32 Å². The zero-order chi connectivity index (χ0) is 21.6. The quantitative estimate of drug-likeness (QED) is 0.572. The van der Waals surface area contributed by atoms with Crippen LogP contribution in [0.4, 0.5) is 4.79 Å². The first kappa shape index (κ1) is 20.5. The Kier molecular flexibility index (Phi) is 6.22. The minimum atomic E-state index is -0.435. The fraction of sp³-hybridized carbons (Fsp3) is 0.192. The van der Waals surface area contributed by atoms with Gasteiger partial charge in [0.05, 0.1) is 14.2 Å². The van der Waals surface area contributed by atoms with E-state index in [0.29, 0.717) is 24.7 Å². The van der Waals surface area contributed by atoms with Crippen LogP contribution >= 0.6 is 0 Å². The number of hydrogen-bond acceptors (Lipinski definition) is 4. The fourth-order valence-corrected chi connectivity index (χ4v) is 3.91. The molecule has 0 bridgehead atoms. The van der Waals surface area contributed by atoms with Crippen LogP contribution in [0.5, 0.6) is 11.5 Å². The van der Waals surface area contributed by atoms with Crippen molar-refractivity contribution in [3.63, 3.8) is 0 Å². The standard InChI is InChI=1S/C26H25NO4/c1-29-19-14-18(15-20(16-19)30-2)8-7-13-27-26(28)31-17-25-23-11-5-3-9-21(23)22-10-4-6-12-24(22)25/h3-12,14-16,25H,13,17H2,1-2H3,(H,27,28). The fourth-order valence-electron chi connectivity index (χ4n) is 3.91. The molecule has 0 radical (unpaired) electrons. The van der Waals surface area contributed by atoms with E-state index in [9.17, 15) is 4.79 Å². The average Bonchev–Trinajstić information content (AvgIpc) is 3.14. The molecule has 0 heterocycles. The molecule has 0 aromatic heterocycles. The van der Waals surface area contributed by atoms with Gasteiger partial charge < -0.3 is 19.5 Å². The minimum absolute atomic E-state index is 0.0536. The number of carbonyl (C=O) groups is 1. The maximum Gasteiger partial charge on any atom is 0.407 e. The van der Waals surface area contributed by atoms with Crippen LogP contribution in [0.3, 0.4) is 0 Å². The van der Waals surface area contributed by atoms with Gasteiger partial charge in [-0.2, -0.15) is 0 Å². The highest BCUT2D eigenvalue weighted by Gasteiger charge is 2.28. The second-order valence-electron chi connectivity index (χ2n) is 7.25. The SMILES string of the molecule is COc1cc(C=CCNC(=O)OCC2c3ccccc3-c3ccccc32)cc(OC)c1. The number of ether oxygens (including phenoxy) is 3. The molecule has 0 spiro atoms. The Labute approximate surface area is 182 Å². The van der Waals surface area contributed by atoms with Gasteiger partial charge in [0.25, 0.3) is 0 Å². The topological polar surface area (TPSA) is 56.8 Å². The second-order valence-corrected chi connectivity index (χ2v) is 7.25. The van der Waals surface area contributed by atoms with E-state index < -0.39 is 6.09 Å². The minimum Gasteiger partial charge on any atom is -0.497 e. The average molecular weight is 415 g/mol. The van der Waals surface area contributed by atoms with Gasteiger partial charge in [-0.05, 0) is 39.9 Å². The van der Waals surface area contributed by atoms with Crippen LogP contribution in [0.15, 0.2) is 72.8 Å². The predicted octanol–water partition coefficient (Wildman–Crippen LogP) is 5.26. The molecule has 4 rings (SSSR count). The molecular weight excluding hydrogens is 390 g/mol. The van der Waals surface area contributed by atoms with Crippen LogP contribution in [-0.2, 0) is 4.74 Å². The molecule has 1 N–H and O–H groups in total. The summed E-state index contributed by atoms with van der Waals surface area (Å²) in [4.78, 5) is 12.2. The monoisotopic (exact) mass is 415 g/mol. The Hall–Kier alpha value is -3.73. The van der Waals surface area contributed by atoms with Crippen LogP contribution in [0.25, 0.3) is 17.2 Å². The molecule has 0 atom stereocenters. The van der Waals surface area contributed by atoms with E-state index >= 15 is 0 Å². The summed E-state index contributed by atoms with van der Waals surface area (Å²) in [7, 11) is 3.22. The third kappa shape index (κ3) is 4.56. The molecule has 1 aliphatic carbocycles. The molecular formula is C26H25NO4. The molecule has 1 aliphatic rings. The summed E-state index contributed by atoms with van der Waals surface area (Å²) in [5, 5.41) is 2.77. The summed E-state index contributed by atoms with van der Waals surface area (Å²) in [6.45, 7) is 0.660. The van der Waals surface area contributed by atoms with E-state index in [4.69, 9.17) is 14.2 Å². The van der Waals surface area contributed by atoms with Gasteiger partial charge in [0.1, 0.15) is 18.1 Å². The molecule has 0 aliphatic heterocycles. The van der Waals surface area contributed by atoms with Gasteiger partial charge in [0, 0.05) is 18.5 Å². The number of nitrogens with one attached hydrogen (secondary N) is 1. The molecule has 5 nitrogen and oxygen atoms in total. The Balaban J connectivity index is 1.33. The first-order chi connectivity index (χ1) is 15.2. The first-order valence-electron chi connectivity index (χ1n) is 10.2. The van der Waals surface area contributed by atoms with Crippen molar-refractivity contribution in [3.05, 3.63) is 89.5 Å². The third-order valence-electron chi connectivity index (χ3n) is 5.39. The van der Waals surface area contributed by atoms with Gasteiger partial charge in [0.2, 0.25) is 0 Å². The Morgan fingerprint density at radius 3 is 2.06 bits per heavy atom. The van der Waals surface area contributed by atoms with Crippen LogP contribution in [0.2, 0.25) is 0 Å². The van der Waals surface area contributed by atoms with Crippen LogP contribution in [-0.4, -0.2) is 33.5 Å². The van der Waals surface area contributed by atoms with E-state index in [2.05, 4.69) is 29.6 Å². The zero-order valence-electron chi connectivity index (χ0n) is 17.6. The third-order valence-corrected chi connectivity index (χ3v) is 5.39. The number of benzene rings is 3. The highest BCUT2D eigenvalue weighted by atomic mass is 16.5. The maximum absolute atomic E-state index is 12.2. The summed E-state index contributed by atoms with van der Waals surface area (Å²) in [6.07, 6.45) is 3.32. The molecule has 3 aromatic rings. The van der Waals surface area contributed by atoms with Gasteiger partial charge in [-0.25, -0.2) is 4.79 Å². The molecule has 0 fully saturated rings. The lowest BCUT2D eigenvalue weighted by Crippen LogP contribution is -2.26. The number of rotatable bonds is 7. The lowest BCUT2D eigenvalue weighted by Gasteiger charge is -2.14. The second kappa shape index (κ2) is 9.39. The van der Waals surface area contributed by atoms with Crippen molar-refractivity contribution < 1.29 is 19.0 Å². The zero-order valence-corrected chi connectivity index (χ0v) is 17.6. The van der Waals surface area contributed by atoms with Crippen LogP contribution < -0.4 is 14.8 Å². The molecule has 158 valence electrons. The highest BCUT2D eigenvalue weighted by molar-refractivity contribution is 5.79. The summed E-state index contributed by atoms with van der Waals surface area (Å²) in [6, 6.07) is 22.2. The number of methoxy groups -OCH3 is 2. The molecule has 3 aromatic carbocycles. The Bertz CT molecular complexity index is 1040. The number of fused-ring (bicyclic) bond motifs is 3. The lowest BCUT2D eigenvalue weighted by molar-refractivity contribution is 0.144. The van der Waals surface area contributed by atoms with E-state index in [1.165, 1.54) is 22.3 Å². The first-order valence-corrected chi connectivity index (χ1v) is 10.2. The number of amides is 1. The van der Waals surface area contributed by atoms with Gasteiger partial charge in [-0.3, -0.25) is 0 Å². The van der Waals surface area contributed by atoms with Crippen molar-refractivity contribution in [3.8, 4) is 22.6 Å². The van der Waals surface area contributed by atoms with Crippen molar-refractivity contribution in [2.24, 2.45) is 0 Å². The van der Waals surface area contributed by atoms with Gasteiger partial charge in [-0.15, -0.1) is 0 Å². The van der Waals surface area contributed by atoms with Gasteiger partial charge in [0.15, 0.2) is 0 Å².